The summed E-state index contributed by atoms with van der Waals surface area (Å²) in [5, 5.41) is 15.5. The molecule has 122 valence electrons. The first-order valence-electron chi connectivity index (χ1n) is 7.18. The summed E-state index contributed by atoms with van der Waals surface area (Å²) in [5.41, 5.74) is 4.01. The van der Waals surface area contributed by atoms with Crippen LogP contribution in [-0.2, 0) is 4.79 Å². The van der Waals surface area contributed by atoms with Crippen molar-refractivity contribution in [3.8, 4) is 6.07 Å². The van der Waals surface area contributed by atoms with E-state index in [-0.39, 0.29) is 12.3 Å². The molecule has 0 radical (unpaired) electrons. The molecule has 0 fully saturated rings. The van der Waals surface area contributed by atoms with Crippen LogP contribution in [-0.4, -0.2) is 17.5 Å². The summed E-state index contributed by atoms with van der Waals surface area (Å²) < 4.78 is 5.05. The van der Waals surface area contributed by atoms with Gasteiger partial charge in [0.25, 0.3) is 5.91 Å². The van der Waals surface area contributed by atoms with Gasteiger partial charge in [-0.3, -0.25) is 9.59 Å². The quantitative estimate of drug-likeness (QED) is 0.651. The number of nitriles is 1. The van der Waals surface area contributed by atoms with E-state index in [4.69, 9.17) is 9.68 Å². The van der Waals surface area contributed by atoms with E-state index in [1.807, 2.05) is 6.07 Å². The zero-order valence-electron chi connectivity index (χ0n) is 13.3. The van der Waals surface area contributed by atoms with Gasteiger partial charge in [-0.1, -0.05) is 12.1 Å². The number of furan rings is 1. The fourth-order valence-corrected chi connectivity index (χ4v) is 1.98. The number of aryl methyl sites for hydroxylation is 1. The molecule has 7 nitrogen and oxygen atoms in total. The van der Waals surface area contributed by atoms with Crippen LogP contribution < -0.4 is 10.7 Å². The van der Waals surface area contributed by atoms with Crippen LogP contribution >= 0.6 is 0 Å². The van der Waals surface area contributed by atoms with Gasteiger partial charge in [0.05, 0.1) is 29.5 Å². The van der Waals surface area contributed by atoms with Crippen molar-refractivity contribution in [1.82, 2.24) is 5.43 Å². The summed E-state index contributed by atoms with van der Waals surface area (Å²) >= 11 is 0. The molecular weight excluding hydrogens is 308 g/mol. The maximum atomic E-state index is 12.0. The van der Waals surface area contributed by atoms with Gasteiger partial charge >= 0.3 is 0 Å². The third kappa shape index (κ3) is 4.30. The molecule has 0 spiro atoms. The van der Waals surface area contributed by atoms with Crippen molar-refractivity contribution < 1.29 is 14.0 Å². The fraction of sp³-hybridized carbons (Fsp3) is 0.176. The summed E-state index contributed by atoms with van der Waals surface area (Å²) in [6.07, 6.45) is 1.41. The number of hydrogen-bond donors (Lipinski definition) is 2. The predicted octanol–water partition coefficient (Wildman–Crippen LogP) is 2.59. The van der Waals surface area contributed by atoms with Crippen LogP contribution in [0.3, 0.4) is 0 Å². The van der Waals surface area contributed by atoms with Crippen LogP contribution in [0.1, 0.15) is 35.0 Å². The zero-order valence-corrected chi connectivity index (χ0v) is 13.3. The van der Waals surface area contributed by atoms with Crippen LogP contribution in [0, 0.1) is 18.3 Å². The third-order valence-corrected chi connectivity index (χ3v) is 3.19. The first-order chi connectivity index (χ1) is 11.5. The lowest BCUT2D eigenvalue weighted by atomic mass is 10.2. The molecule has 0 unspecified atom stereocenters. The molecule has 7 heteroatoms. The lowest BCUT2D eigenvalue weighted by molar-refractivity contribution is -0.115. The minimum Gasteiger partial charge on any atom is -0.469 e. The number of para-hydroxylation sites is 1. The molecule has 0 aliphatic carbocycles. The summed E-state index contributed by atoms with van der Waals surface area (Å²) in [6, 6.07) is 10.3. The van der Waals surface area contributed by atoms with Crippen molar-refractivity contribution in [2.24, 2.45) is 5.10 Å². The maximum absolute atomic E-state index is 12.0. The van der Waals surface area contributed by atoms with Crippen molar-refractivity contribution in [2.75, 3.05) is 5.32 Å². The van der Waals surface area contributed by atoms with Gasteiger partial charge in [-0.2, -0.15) is 10.4 Å². The lowest BCUT2D eigenvalue weighted by Crippen LogP contribution is -2.21. The standard InChI is InChI=1S/C17H16N4O3/c1-11(20-21-17(23)14-7-8-24-12(14)2)9-16(22)19-15-6-4-3-5-13(15)10-18/h3-8H,9H2,1-2H3,(H,19,22)(H,21,23). The molecule has 1 aromatic carbocycles. The molecule has 0 atom stereocenters. The van der Waals surface area contributed by atoms with Crippen molar-refractivity contribution >= 4 is 23.2 Å². The molecule has 0 bridgehead atoms. The van der Waals surface area contributed by atoms with E-state index in [0.717, 1.165) is 0 Å². The Bertz CT molecular complexity index is 830. The van der Waals surface area contributed by atoms with Gasteiger partial charge in [0, 0.05) is 5.71 Å². The van der Waals surface area contributed by atoms with Gasteiger partial charge in [-0.15, -0.1) is 0 Å². The normalized spacial score (nSPS) is 10.8. The molecule has 0 saturated heterocycles. The summed E-state index contributed by atoms with van der Waals surface area (Å²) in [4.78, 5) is 23.9. The summed E-state index contributed by atoms with van der Waals surface area (Å²) in [6.45, 7) is 3.30. The second-order valence-electron chi connectivity index (χ2n) is 5.06. The van der Waals surface area contributed by atoms with Gasteiger partial charge in [-0.25, -0.2) is 5.43 Å². The van der Waals surface area contributed by atoms with Crippen molar-refractivity contribution in [3.05, 3.63) is 53.5 Å². The summed E-state index contributed by atoms with van der Waals surface area (Å²) in [7, 11) is 0. The average molecular weight is 324 g/mol. The Labute approximate surface area is 139 Å². The number of amides is 2. The molecule has 0 saturated carbocycles. The number of hydrazone groups is 1. The van der Waals surface area contributed by atoms with E-state index in [1.165, 1.54) is 6.26 Å². The van der Waals surface area contributed by atoms with Gasteiger partial charge in [0.15, 0.2) is 0 Å². The smallest absolute Gasteiger partial charge is 0.274 e. The number of anilines is 1. The topological polar surface area (TPSA) is 107 Å². The highest BCUT2D eigenvalue weighted by Crippen LogP contribution is 2.13. The first kappa shape index (κ1) is 17.0. The second-order valence-corrected chi connectivity index (χ2v) is 5.06. The first-order valence-corrected chi connectivity index (χ1v) is 7.18. The number of carbonyl (C=O) groups is 2. The predicted molar refractivity (Wildman–Crippen MR) is 88.4 cm³/mol. The van der Waals surface area contributed by atoms with Crippen LogP contribution in [0.4, 0.5) is 5.69 Å². The minimum atomic E-state index is -0.407. The minimum absolute atomic E-state index is 0.00951. The largest absolute Gasteiger partial charge is 0.469 e. The van der Waals surface area contributed by atoms with Crippen LogP contribution in [0.25, 0.3) is 0 Å². The zero-order chi connectivity index (χ0) is 17.5. The highest BCUT2D eigenvalue weighted by Gasteiger charge is 2.11. The molecule has 2 N–H and O–H groups in total. The molecule has 0 aliphatic heterocycles. The van der Waals surface area contributed by atoms with Crippen molar-refractivity contribution in [1.29, 1.82) is 5.26 Å². The molecular formula is C17H16N4O3. The van der Waals surface area contributed by atoms with Crippen LogP contribution in [0.5, 0.6) is 0 Å². The van der Waals surface area contributed by atoms with Gasteiger partial charge in [-0.05, 0) is 32.0 Å². The molecule has 2 aromatic rings. The van der Waals surface area contributed by atoms with E-state index < -0.39 is 5.91 Å². The van der Waals surface area contributed by atoms with E-state index in [2.05, 4.69) is 15.8 Å². The number of nitrogens with one attached hydrogen (secondary N) is 2. The SMILES string of the molecule is CC(CC(=O)Nc1ccccc1C#N)=NNC(=O)c1ccoc1C. The Morgan fingerprint density at radius 3 is 2.71 bits per heavy atom. The third-order valence-electron chi connectivity index (χ3n) is 3.19. The van der Waals surface area contributed by atoms with Crippen LogP contribution in [0.2, 0.25) is 0 Å². The number of benzene rings is 1. The Morgan fingerprint density at radius 2 is 2.04 bits per heavy atom. The summed E-state index contributed by atoms with van der Waals surface area (Å²) in [5.74, 6) is -0.241. The van der Waals surface area contributed by atoms with E-state index >= 15 is 0 Å². The van der Waals surface area contributed by atoms with Crippen molar-refractivity contribution in [2.45, 2.75) is 20.3 Å². The molecule has 1 heterocycles. The Hall–Kier alpha value is -3.40. The maximum Gasteiger partial charge on any atom is 0.274 e. The van der Waals surface area contributed by atoms with E-state index in [0.29, 0.717) is 28.3 Å². The van der Waals surface area contributed by atoms with Crippen LogP contribution in [0.15, 0.2) is 46.1 Å². The monoisotopic (exact) mass is 324 g/mol. The number of rotatable bonds is 5. The fourth-order valence-electron chi connectivity index (χ4n) is 1.98. The Kier molecular flexibility index (Phi) is 5.47. The highest BCUT2D eigenvalue weighted by molar-refractivity contribution is 6.06. The van der Waals surface area contributed by atoms with E-state index in [9.17, 15) is 9.59 Å². The van der Waals surface area contributed by atoms with Gasteiger partial charge in [0.2, 0.25) is 5.91 Å². The molecule has 24 heavy (non-hydrogen) atoms. The number of nitrogens with zero attached hydrogens (tertiary/aromatic N) is 2. The second kappa shape index (κ2) is 7.74. The van der Waals surface area contributed by atoms with Crippen molar-refractivity contribution in [3.63, 3.8) is 0 Å². The number of hydrogen-bond acceptors (Lipinski definition) is 5. The highest BCUT2D eigenvalue weighted by atomic mass is 16.3. The lowest BCUT2D eigenvalue weighted by Gasteiger charge is -2.06. The number of carbonyl (C=O) groups excluding carboxylic acids is 2. The van der Waals surface area contributed by atoms with Gasteiger partial charge in [0.1, 0.15) is 11.8 Å². The van der Waals surface area contributed by atoms with Gasteiger partial charge < -0.3 is 9.73 Å². The Balaban J connectivity index is 1.93. The molecule has 2 amide bonds. The van der Waals surface area contributed by atoms with E-state index in [1.54, 1.807) is 44.2 Å². The Morgan fingerprint density at radius 1 is 1.29 bits per heavy atom. The molecule has 0 aliphatic rings. The molecule has 2 rings (SSSR count). The molecule has 1 aromatic heterocycles. The average Bonchev–Trinajstić information content (AvgIpc) is 2.99.